The lowest BCUT2D eigenvalue weighted by molar-refractivity contribution is -0.125. The summed E-state index contributed by atoms with van der Waals surface area (Å²) in [6.45, 7) is 4.91. The van der Waals surface area contributed by atoms with Crippen LogP contribution in [-0.4, -0.2) is 48.5 Å². The predicted octanol–water partition coefficient (Wildman–Crippen LogP) is 3.62. The third-order valence-corrected chi connectivity index (χ3v) is 6.92. The highest BCUT2D eigenvalue weighted by Gasteiger charge is 2.38. The number of nitrogens with one attached hydrogen (secondary N) is 1. The first-order valence-corrected chi connectivity index (χ1v) is 11.4. The molecule has 3 saturated heterocycles. The van der Waals surface area contributed by atoms with Crippen molar-refractivity contribution in [3.63, 3.8) is 0 Å². The molecule has 8 heteroatoms. The van der Waals surface area contributed by atoms with Gasteiger partial charge in [-0.3, -0.25) is 9.59 Å². The number of nitrogens with zero attached hydrogens (tertiary/aromatic N) is 2. The van der Waals surface area contributed by atoms with Crippen LogP contribution >= 0.6 is 11.6 Å². The standard InChI is InChI=1S/C24H25ClFN3O3/c1-14-24(31)29(12-15-2-4-18(26)5-3-15)21-11-17(25)10-19(22(21)32-14)23(30)27-20-13-28-8-6-16(20)7-9-28/h2-5,10-11,14,16,20H,6-9,12-13H2,1H3,(H,27,30). The molecule has 1 N–H and O–H groups in total. The zero-order valence-corrected chi connectivity index (χ0v) is 18.6. The molecule has 2 unspecified atom stereocenters. The van der Waals surface area contributed by atoms with Crippen LogP contribution < -0.4 is 15.0 Å². The van der Waals surface area contributed by atoms with E-state index in [-0.39, 0.29) is 30.2 Å². The highest BCUT2D eigenvalue weighted by Crippen LogP contribution is 2.41. The number of carbonyl (C=O) groups is 2. The first-order valence-electron chi connectivity index (χ1n) is 11.0. The van der Waals surface area contributed by atoms with Crippen LogP contribution in [0.5, 0.6) is 5.75 Å². The molecule has 0 saturated carbocycles. The summed E-state index contributed by atoms with van der Waals surface area (Å²) in [6.07, 6.45) is 1.42. The van der Waals surface area contributed by atoms with Gasteiger partial charge in [-0.25, -0.2) is 4.39 Å². The molecule has 168 valence electrons. The Morgan fingerprint density at radius 2 is 1.94 bits per heavy atom. The van der Waals surface area contributed by atoms with Crippen molar-refractivity contribution in [3.05, 3.63) is 58.4 Å². The Morgan fingerprint density at radius 3 is 2.59 bits per heavy atom. The molecule has 3 fully saturated rings. The summed E-state index contributed by atoms with van der Waals surface area (Å²) in [4.78, 5) is 30.1. The molecule has 6 nitrogen and oxygen atoms in total. The third-order valence-electron chi connectivity index (χ3n) is 6.70. The van der Waals surface area contributed by atoms with Crippen molar-refractivity contribution in [2.75, 3.05) is 24.5 Å². The van der Waals surface area contributed by atoms with Crippen LogP contribution in [0.25, 0.3) is 0 Å². The van der Waals surface area contributed by atoms with Gasteiger partial charge in [0.2, 0.25) is 0 Å². The molecule has 4 heterocycles. The lowest BCUT2D eigenvalue weighted by Crippen LogP contribution is -2.57. The minimum absolute atomic E-state index is 0.0950. The minimum Gasteiger partial charge on any atom is -0.478 e. The number of hydrogen-bond acceptors (Lipinski definition) is 4. The molecule has 2 amide bonds. The maximum absolute atomic E-state index is 13.3. The van der Waals surface area contributed by atoms with Gasteiger partial charge in [0.1, 0.15) is 5.82 Å². The van der Waals surface area contributed by atoms with Crippen molar-refractivity contribution in [1.29, 1.82) is 0 Å². The zero-order valence-electron chi connectivity index (χ0n) is 17.8. The topological polar surface area (TPSA) is 61.9 Å². The third kappa shape index (κ3) is 3.95. The van der Waals surface area contributed by atoms with E-state index >= 15 is 0 Å². The molecule has 0 spiro atoms. The molecule has 2 aromatic carbocycles. The second-order valence-electron chi connectivity index (χ2n) is 8.83. The fourth-order valence-corrected chi connectivity index (χ4v) is 5.16. The summed E-state index contributed by atoms with van der Waals surface area (Å²) in [5, 5.41) is 3.52. The van der Waals surface area contributed by atoms with Crippen molar-refractivity contribution >= 4 is 29.1 Å². The highest BCUT2D eigenvalue weighted by atomic mass is 35.5. The maximum atomic E-state index is 13.3. The number of benzene rings is 2. The summed E-state index contributed by atoms with van der Waals surface area (Å²) < 4.78 is 19.2. The molecule has 2 bridgehead atoms. The van der Waals surface area contributed by atoms with Crippen LogP contribution in [0.1, 0.15) is 35.7 Å². The summed E-state index contributed by atoms with van der Waals surface area (Å²) in [5.41, 5.74) is 1.54. The molecule has 0 aliphatic carbocycles. The lowest BCUT2D eigenvalue weighted by Gasteiger charge is -2.45. The van der Waals surface area contributed by atoms with Crippen molar-refractivity contribution in [2.45, 2.75) is 38.5 Å². The molecule has 2 aromatic rings. The van der Waals surface area contributed by atoms with Crippen LogP contribution in [0.3, 0.4) is 0 Å². The number of fused-ring (bicyclic) bond motifs is 4. The van der Waals surface area contributed by atoms with Gasteiger partial charge in [-0.15, -0.1) is 0 Å². The van der Waals surface area contributed by atoms with E-state index in [1.165, 1.54) is 12.1 Å². The fourth-order valence-electron chi connectivity index (χ4n) is 4.95. The average Bonchev–Trinajstić information content (AvgIpc) is 2.79. The van der Waals surface area contributed by atoms with E-state index in [2.05, 4.69) is 10.2 Å². The summed E-state index contributed by atoms with van der Waals surface area (Å²) in [7, 11) is 0. The van der Waals surface area contributed by atoms with E-state index in [9.17, 15) is 14.0 Å². The summed E-state index contributed by atoms with van der Waals surface area (Å²) in [5.74, 6) is 0.00179. The SMILES string of the molecule is CC1Oc2c(C(=O)NC3CN4CCC3CC4)cc(Cl)cc2N(Cc2ccc(F)cc2)C1=O. The fraction of sp³-hybridized carbons (Fsp3) is 0.417. The first-order chi connectivity index (χ1) is 15.4. The molecular formula is C24H25ClFN3O3. The van der Waals surface area contributed by atoms with Crippen LogP contribution in [0.4, 0.5) is 10.1 Å². The smallest absolute Gasteiger partial charge is 0.268 e. The lowest BCUT2D eigenvalue weighted by atomic mass is 9.84. The number of carbonyl (C=O) groups excluding carboxylic acids is 2. The molecule has 6 rings (SSSR count). The Bertz CT molecular complexity index is 1050. The van der Waals surface area contributed by atoms with Crippen LogP contribution in [0, 0.1) is 11.7 Å². The van der Waals surface area contributed by atoms with E-state index in [0.717, 1.165) is 38.0 Å². The Labute approximate surface area is 191 Å². The van der Waals surface area contributed by atoms with Gasteiger partial charge in [-0.05, 0) is 68.6 Å². The number of rotatable bonds is 4. The monoisotopic (exact) mass is 457 g/mol. The second kappa shape index (κ2) is 8.37. The van der Waals surface area contributed by atoms with Crippen LogP contribution in [0.2, 0.25) is 5.02 Å². The van der Waals surface area contributed by atoms with Gasteiger partial charge in [0.05, 0.1) is 17.8 Å². The normalized spacial score (nSPS) is 26.5. The predicted molar refractivity (Wildman–Crippen MR) is 120 cm³/mol. The zero-order chi connectivity index (χ0) is 22.4. The number of anilines is 1. The van der Waals surface area contributed by atoms with Crippen LogP contribution in [-0.2, 0) is 11.3 Å². The first kappa shape index (κ1) is 21.2. The van der Waals surface area contributed by atoms with Gasteiger partial charge in [0.15, 0.2) is 11.9 Å². The number of piperidine rings is 3. The van der Waals surface area contributed by atoms with E-state index in [4.69, 9.17) is 16.3 Å². The van der Waals surface area contributed by atoms with Gasteiger partial charge in [-0.2, -0.15) is 0 Å². The molecule has 32 heavy (non-hydrogen) atoms. The Hall–Kier alpha value is -2.64. The molecule has 2 atom stereocenters. The van der Waals surface area contributed by atoms with Crippen molar-refractivity contribution < 1.29 is 18.7 Å². The molecule has 4 aliphatic rings. The molecule has 0 radical (unpaired) electrons. The number of amides is 2. The van der Waals surface area contributed by atoms with E-state index in [1.807, 2.05) is 0 Å². The Kier molecular flexibility index (Phi) is 5.55. The highest BCUT2D eigenvalue weighted by molar-refractivity contribution is 6.31. The average molecular weight is 458 g/mol. The van der Waals surface area contributed by atoms with Crippen molar-refractivity contribution in [2.24, 2.45) is 5.92 Å². The van der Waals surface area contributed by atoms with Crippen LogP contribution in [0.15, 0.2) is 36.4 Å². The second-order valence-corrected chi connectivity index (χ2v) is 9.27. The minimum atomic E-state index is -0.757. The van der Waals surface area contributed by atoms with E-state index in [0.29, 0.717) is 27.9 Å². The Balaban J connectivity index is 1.46. The Morgan fingerprint density at radius 1 is 1.22 bits per heavy atom. The van der Waals surface area contributed by atoms with Gasteiger partial charge in [0, 0.05) is 17.6 Å². The van der Waals surface area contributed by atoms with Gasteiger partial charge in [-0.1, -0.05) is 23.7 Å². The molecule has 4 aliphatic heterocycles. The quantitative estimate of drug-likeness (QED) is 0.761. The van der Waals surface area contributed by atoms with Gasteiger partial charge in [0.25, 0.3) is 11.8 Å². The number of halogens is 2. The van der Waals surface area contributed by atoms with Crippen molar-refractivity contribution in [1.82, 2.24) is 10.2 Å². The number of ether oxygens (including phenoxy) is 1. The molecular weight excluding hydrogens is 433 g/mol. The van der Waals surface area contributed by atoms with Crippen molar-refractivity contribution in [3.8, 4) is 5.75 Å². The molecule has 0 aromatic heterocycles. The largest absolute Gasteiger partial charge is 0.478 e. The van der Waals surface area contributed by atoms with Gasteiger partial charge < -0.3 is 19.9 Å². The van der Waals surface area contributed by atoms with E-state index < -0.39 is 6.10 Å². The maximum Gasteiger partial charge on any atom is 0.268 e. The van der Waals surface area contributed by atoms with Gasteiger partial charge >= 0.3 is 0 Å². The summed E-state index contributed by atoms with van der Waals surface area (Å²) in [6, 6.07) is 9.30. The van der Waals surface area contributed by atoms with E-state index in [1.54, 1.807) is 36.1 Å². The summed E-state index contributed by atoms with van der Waals surface area (Å²) >= 11 is 6.37. The number of hydrogen-bond donors (Lipinski definition) is 1.